The number of piperidine rings is 1. The van der Waals surface area contributed by atoms with E-state index in [4.69, 9.17) is 0 Å². The van der Waals surface area contributed by atoms with Crippen LogP contribution in [0.15, 0.2) is 53.4 Å². The van der Waals surface area contributed by atoms with Crippen LogP contribution in [0.5, 0.6) is 0 Å². The van der Waals surface area contributed by atoms with Crippen LogP contribution in [0.25, 0.3) is 0 Å². The van der Waals surface area contributed by atoms with Crippen molar-refractivity contribution in [3.63, 3.8) is 0 Å². The van der Waals surface area contributed by atoms with Crippen LogP contribution in [0.4, 0.5) is 5.69 Å². The average Bonchev–Trinajstić information content (AvgIpc) is 2.62. The van der Waals surface area contributed by atoms with Gasteiger partial charge in [0.15, 0.2) is 0 Å². The second-order valence-electron chi connectivity index (χ2n) is 6.99. The Bertz CT molecular complexity index is 874. The third-order valence-corrected chi connectivity index (χ3v) is 6.06. The molecule has 0 unspecified atom stereocenters. The van der Waals surface area contributed by atoms with Crippen molar-refractivity contribution in [3.05, 3.63) is 59.7 Å². The SMILES string of the molecule is Cc1ccc(S(=O)(=O)Nc2ccc(C(=O)N3CCC[C@H](C)C3)cc2)cc1. The molecule has 3 rings (SSSR count). The highest BCUT2D eigenvalue weighted by Crippen LogP contribution is 2.20. The number of benzene rings is 2. The third-order valence-electron chi connectivity index (χ3n) is 4.66. The molecule has 0 spiro atoms. The van der Waals surface area contributed by atoms with Crippen LogP contribution in [0.3, 0.4) is 0 Å². The first-order valence-electron chi connectivity index (χ1n) is 8.84. The van der Waals surface area contributed by atoms with Gasteiger partial charge in [0, 0.05) is 24.3 Å². The quantitative estimate of drug-likeness (QED) is 0.890. The molecule has 1 saturated heterocycles. The Morgan fingerprint density at radius 2 is 1.73 bits per heavy atom. The highest BCUT2D eigenvalue weighted by Gasteiger charge is 2.22. The van der Waals surface area contributed by atoms with Crippen LogP contribution < -0.4 is 4.72 Å². The largest absolute Gasteiger partial charge is 0.338 e. The lowest BCUT2D eigenvalue weighted by Crippen LogP contribution is -2.39. The fourth-order valence-electron chi connectivity index (χ4n) is 3.17. The first-order valence-corrected chi connectivity index (χ1v) is 10.3. The number of likely N-dealkylation sites (tertiary alicyclic amines) is 1. The van der Waals surface area contributed by atoms with Gasteiger partial charge in [-0.05, 0) is 62.1 Å². The summed E-state index contributed by atoms with van der Waals surface area (Å²) in [5.41, 5.74) is 2.02. The summed E-state index contributed by atoms with van der Waals surface area (Å²) in [5, 5.41) is 0. The number of sulfonamides is 1. The van der Waals surface area contributed by atoms with Gasteiger partial charge < -0.3 is 4.90 Å². The van der Waals surface area contributed by atoms with E-state index < -0.39 is 10.0 Å². The molecular formula is C20H24N2O3S. The van der Waals surface area contributed by atoms with Crippen molar-refractivity contribution in [3.8, 4) is 0 Å². The van der Waals surface area contributed by atoms with E-state index in [-0.39, 0.29) is 10.8 Å². The number of anilines is 1. The lowest BCUT2D eigenvalue weighted by atomic mass is 9.99. The molecule has 6 heteroatoms. The minimum atomic E-state index is -3.64. The van der Waals surface area contributed by atoms with Gasteiger partial charge in [0.2, 0.25) is 0 Å². The van der Waals surface area contributed by atoms with E-state index in [2.05, 4.69) is 11.6 Å². The summed E-state index contributed by atoms with van der Waals surface area (Å²) >= 11 is 0. The molecule has 1 aliphatic heterocycles. The Morgan fingerprint density at radius 1 is 1.08 bits per heavy atom. The Balaban J connectivity index is 1.71. The molecule has 0 aromatic heterocycles. The molecule has 0 radical (unpaired) electrons. The number of aryl methyl sites for hydroxylation is 1. The van der Waals surface area contributed by atoms with Crippen molar-refractivity contribution in [2.75, 3.05) is 17.8 Å². The second-order valence-corrected chi connectivity index (χ2v) is 8.68. The second kappa shape index (κ2) is 7.50. The summed E-state index contributed by atoms with van der Waals surface area (Å²) in [5.74, 6) is 0.526. The first-order chi connectivity index (χ1) is 12.3. The Morgan fingerprint density at radius 3 is 2.35 bits per heavy atom. The molecule has 5 nitrogen and oxygen atoms in total. The van der Waals surface area contributed by atoms with Crippen molar-refractivity contribution < 1.29 is 13.2 Å². The Hall–Kier alpha value is -2.34. The van der Waals surface area contributed by atoms with E-state index in [0.29, 0.717) is 17.2 Å². The standard InChI is InChI=1S/C20H24N2O3S/c1-15-5-11-19(12-6-15)26(24,25)21-18-9-7-17(8-10-18)20(23)22-13-3-4-16(2)14-22/h5-12,16,21H,3-4,13-14H2,1-2H3/t16-/m0/s1. The minimum Gasteiger partial charge on any atom is -0.338 e. The zero-order chi connectivity index (χ0) is 18.7. The maximum absolute atomic E-state index is 12.6. The monoisotopic (exact) mass is 372 g/mol. The highest BCUT2D eigenvalue weighted by molar-refractivity contribution is 7.92. The van der Waals surface area contributed by atoms with Gasteiger partial charge in [0.25, 0.3) is 15.9 Å². The van der Waals surface area contributed by atoms with Crippen LogP contribution in [0, 0.1) is 12.8 Å². The zero-order valence-electron chi connectivity index (χ0n) is 15.1. The summed E-state index contributed by atoms with van der Waals surface area (Å²) in [7, 11) is -3.64. The van der Waals surface area contributed by atoms with Crippen LogP contribution in [-0.4, -0.2) is 32.3 Å². The molecule has 0 bridgehead atoms. The smallest absolute Gasteiger partial charge is 0.261 e. The maximum Gasteiger partial charge on any atom is 0.261 e. The summed E-state index contributed by atoms with van der Waals surface area (Å²) in [6.45, 7) is 5.62. The lowest BCUT2D eigenvalue weighted by molar-refractivity contribution is 0.0683. The van der Waals surface area contributed by atoms with E-state index >= 15 is 0 Å². The number of nitrogens with zero attached hydrogens (tertiary/aromatic N) is 1. The summed E-state index contributed by atoms with van der Waals surface area (Å²) in [4.78, 5) is 14.7. The maximum atomic E-state index is 12.6. The van der Waals surface area contributed by atoms with Gasteiger partial charge in [0.05, 0.1) is 4.90 Å². The number of amides is 1. The summed E-state index contributed by atoms with van der Waals surface area (Å²) < 4.78 is 27.4. The van der Waals surface area contributed by atoms with Gasteiger partial charge in [-0.1, -0.05) is 24.6 Å². The van der Waals surface area contributed by atoms with Crippen molar-refractivity contribution >= 4 is 21.6 Å². The fraction of sp³-hybridized carbons (Fsp3) is 0.350. The van der Waals surface area contributed by atoms with Crippen LogP contribution in [-0.2, 0) is 10.0 Å². The van der Waals surface area contributed by atoms with Crippen molar-refractivity contribution in [2.24, 2.45) is 5.92 Å². The normalized spacial score (nSPS) is 17.8. The van der Waals surface area contributed by atoms with Crippen molar-refractivity contribution in [2.45, 2.75) is 31.6 Å². The van der Waals surface area contributed by atoms with Crippen molar-refractivity contribution in [1.82, 2.24) is 4.90 Å². The molecule has 2 aromatic carbocycles. The van der Waals surface area contributed by atoms with Crippen LogP contribution >= 0.6 is 0 Å². The molecule has 1 atom stereocenters. The van der Waals surface area contributed by atoms with E-state index in [1.807, 2.05) is 11.8 Å². The van der Waals surface area contributed by atoms with Gasteiger partial charge in [-0.3, -0.25) is 9.52 Å². The fourth-order valence-corrected chi connectivity index (χ4v) is 4.23. The summed E-state index contributed by atoms with van der Waals surface area (Å²) in [6, 6.07) is 13.3. The number of carbonyl (C=O) groups excluding carboxylic acids is 1. The van der Waals surface area contributed by atoms with E-state index in [1.165, 1.54) is 0 Å². The van der Waals surface area contributed by atoms with E-state index in [0.717, 1.165) is 31.5 Å². The van der Waals surface area contributed by atoms with Gasteiger partial charge >= 0.3 is 0 Å². The molecule has 0 aliphatic carbocycles. The Labute approximate surface area is 155 Å². The van der Waals surface area contributed by atoms with E-state index in [9.17, 15) is 13.2 Å². The van der Waals surface area contributed by atoms with Crippen LogP contribution in [0.1, 0.15) is 35.7 Å². The minimum absolute atomic E-state index is 0.00416. The van der Waals surface area contributed by atoms with E-state index in [1.54, 1.807) is 48.5 Å². The summed E-state index contributed by atoms with van der Waals surface area (Å²) in [6.07, 6.45) is 2.19. The molecule has 1 aliphatic rings. The molecule has 1 N–H and O–H groups in total. The highest BCUT2D eigenvalue weighted by atomic mass is 32.2. The molecule has 1 heterocycles. The number of nitrogens with one attached hydrogen (secondary N) is 1. The molecular weight excluding hydrogens is 348 g/mol. The predicted molar refractivity (Wildman–Crippen MR) is 103 cm³/mol. The van der Waals surface area contributed by atoms with Gasteiger partial charge in [-0.2, -0.15) is 0 Å². The molecule has 138 valence electrons. The molecule has 26 heavy (non-hydrogen) atoms. The topological polar surface area (TPSA) is 66.5 Å². The van der Waals surface area contributed by atoms with Crippen molar-refractivity contribution in [1.29, 1.82) is 0 Å². The van der Waals surface area contributed by atoms with Gasteiger partial charge in [0.1, 0.15) is 0 Å². The van der Waals surface area contributed by atoms with Gasteiger partial charge in [-0.15, -0.1) is 0 Å². The van der Waals surface area contributed by atoms with Gasteiger partial charge in [-0.25, -0.2) is 8.42 Å². The molecule has 1 amide bonds. The number of hydrogen-bond donors (Lipinski definition) is 1. The molecule has 2 aromatic rings. The average molecular weight is 372 g/mol. The lowest BCUT2D eigenvalue weighted by Gasteiger charge is -2.31. The molecule has 1 fully saturated rings. The molecule has 0 saturated carbocycles. The third kappa shape index (κ3) is 4.25. The predicted octanol–water partition coefficient (Wildman–Crippen LogP) is 3.67. The number of carbonyl (C=O) groups is 1. The number of rotatable bonds is 4. The Kier molecular flexibility index (Phi) is 5.32. The van der Waals surface area contributed by atoms with Crippen LogP contribution in [0.2, 0.25) is 0 Å². The number of hydrogen-bond acceptors (Lipinski definition) is 3. The first kappa shape index (κ1) is 18.5. The zero-order valence-corrected chi connectivity index (χ0v) is 15.9.